The van der Waals surface area contributed by atoms with Gasteiger partial charge in [0, 0.05) is 0 Å². The summed E-state index contributed by atoms with van der Waals surface area (Å²) in [6.45, 7) is 0.316. The fourth-order valence-electron chi connectivity index (χ4n) is 2.77. The summed E-state index contributed by atoms with van der Waals surface area (Å²) in [5, 5.41) is 56.0. The van der Waals surface area contributed by atoms with E-state index in [2.05, 4.69) is 0 Å². The molecule has 28 heavy (non-hydrogen) atoms. The van der Waals surface area contributed by atoms with Gasteiger partial charge in [0.25, 0.3) is 0 Å². The number of carbonyl (C=O) groups is 2. The van der Waals surface area contributed by atoms with Crippen molar-refractivity contribution in [2.75, 3.05) is 13.1 Å². The van der Waals surface area contributed by atoms with Crippen LogP contribution >= 0.6 is 0 Å². The number of aliphatic carboxylic acids is 1. The van der Waals surface area contributed by atoms with Gasteiger partial charge in [-0.25, -0.2) is 0 Å². The van der Waals surface area contributed by atoms with E-state index in [1.807, 2.05) is 0 Å². The van der Waals surface area contributed by atoms with Crippen LogP contribution in [0.1, 0.15) is 23.8 Å². The molecule has 154 valence electrons. The average molecular weight is 398 g/mol. The number of amides is 1. The SMILES string of the molecule is N[C@@H](CC(=O)N1CC(Oc2ccc(CCB(O)O)c(O)c2C(O)O)C1)C(=O)O. The minimum Gasteiger partial charge on any atom is -0.507 e. The Balaban J connectivity index is 2.00. The molecule has 1 aliphatic rings. The number of phenolic OH excluding ortho intramolecular Hbond substituents is 1. The van der Waals surface area contributed by atoms with Crippen molar-refractivity contribution in [3.05, 3.63) is 23.3 Å². The van der Waals surface area contributed by atoms with E-state index >= 15 is 0 Å². The molecule has 1 heterocycles. The van der Waals surface area contributed by atoms with Crippen LogP contribution in [0, 0.1) is 0 Å². The van der Waals surface area contributed by atoms with Gasteiger partial charge < -0.3 is 45.8 Å². The summed E-state index contributed by atoms with van der Waals surface area (Å²) in [7, 11) is -1.56. The lowest BCUT2D eigenvalue weighted by molar-refractivity contribution is -0.146. The second-order valence-corrected chi connectivity index (χ2v) is 6.57. The Kier molecular flexibility index (Phi) is 7.21. The molecule has 8 N–H and O–H groups in total. The van der Waals surface area contributed by atoms with Gasteiger partial charge in [0.1, 0.15) is 23.6 Å². The van der Waals surface area contributed by atoms with E-state index < -0.39 is 43.2 Å². The van der Waals surface area contributed by atoms with E-state index in [-0.39, 0.29) is 49.1 Å². The van der Waals surface area contributed by atoms with Crippen molar-refractivity contribution in [3.63, 3.8) is 0 Å². The first-order chi connectivity index (χ1) is 13.1. The number of ether oxygens (including phenoxy) is 1. The molecule has 1 aliphatic heterocycles. The zero-order chi connectivity index (χ0) is 21.0. The number of nitrogens with two attached hydrogens (primary N) is 1. The molecule has 1 amide bonds. The lowest BCUT2D eigenvalue weighted by atomic mass is 9.82. The summed E-state index contributed by atoms with van der Waals surface area (Å²) in [5.74, 6) is -2.11. The average Bonchev–Trinajstić information content (AvgIpc) is 2.55. The van der Waals surface area contributed by atoms with Gasteiger partial charge in [0.05, 0.1) is 25.1 Å². The Morgan fingerprint density at radius 2 is 1.93 bits per heavy atom. The second kappa shape index (κ2) is 9.21. The Morgan fingerprint density at radius 3 is 2.46 bits per heavy atom. The Bertz CT molecular complexity index is 722. The number of benzene rings is 1. The number of rotatable bonds is 9. The fourth-order valence-corrected chi connectivity index (χ4v) is 2.77. The Morgan fingerprint density at radius 1 is 1.29 bits per heavy atom. The van der Waals surface area contributed by atoms with Crippen LogP contribution in [0.15, 0.2) is 12.1 Å². The van der Waals surface area contributed by atoms with Crippen molar-refractivity contribution < 1.29 is 44.8 Å². The van der Waals surface area contributed by atoms with Gasteiger partial charge >= 0.3 is 13.1 Å². The van der Waals surface area contributed by atoms with E-state index in [0.717, 1.165) is 0 Å². The highest BCUT2D eigenvalue weighted by Crippen LogP contribution is 2.37. The molecule has 1 atom stereocenters. The van der Waals surface area contributed by atoms with Crippen molar-refractivity contribution in [1.29, 1.82) is 0 Å². The highest BCUT2D eigenvalue weighted by Gasteiger charge is 2.34. The summed E-state index contributed by atoms with van der Waals surface area (Å²) in [6, 6.07) is 1.59. The summed E-state index contributed by atoms with van der Waals surface area (Å²) in [6.07, 6.45) is -2.80. The molecule has 1 aromatic carbocycles. The highest BCUT2D eigenvalue weighted by molar-refractivity contribution is 6.41. The number of likely N-dealkylation sites (tertiary alicyclic amines) is 1. The highest BCUT2D eigenvalue weighted by atomic mass is 16.5. The lowest BCUT2D eigenvalue weighted by Crippen LogP contribution is -2.57. The largest absolute Gasteiger partial charge is 0.507 e. The monoisotopic (exact) mass is 398 g/mol. The van der Waals surface area contributed by atoms with Crippen molar-refractivity contribution in [3.8, 4) is 11.5 Å². The number of carboxylic acid groups (broad SMARTS) is 1. The third-order valence-electron chi connectivity index (χ3n) is 4.40. The standard InChI is InChI=1S/C16H23BN2O9/c18-10(15(22)23)5-12(20)19-6-9(7-19)28-11-2-1-8(3-4-17(26)27)14(21)13(11)16(24)25/h1-2,9-10,16,21,24-27H,3-7,18H2,(H,22,23)/t10-/m0/s1. The molecule has 1 aromatic rings. The van der Waals surface area contributed by atoms with Crippen LogP contribution in [-0.2, 0) is 16.0 Å². The van der Waals surface area contributed by atoms with E-state index in [4.69, 9.17) is 25.6 Å². The van der Waals surface area contributed by atoms with Crippen LogP contribution < -0.4 is 10.5 Å². The molecule has 0 saturated carbocycles. The molecular formula is C16H23BN2O9. The maximum absolute atomic E-state index is 11.9. The number of hydrogen-bond donors (Lipinski definition) is 7. The maximum atomic E-state index is 11.9. The van der Waals surface area contributed by atoms with Crippen molar-refractivity contribution >= 4 is 19.0 Å². The number of aromatic hydroxyl groups is 1. The van der Waals surface area contributed by atoms with Gasteiger partial charge in [-0.3, -0.25) is 9.59 Å². The zero-order valence-electron chi connectivity index (χ0n) is 14.9. The summed E-state index contributed by atoms with van der Waals surface area (Å²) in [4.78, 5) is 24.0. The number of aliphatic hydroxyl groups is 2. The van der Waals surface area contributed by atoms with Crippen molar-refractivity contribution in [2.24, 2.45) is 5.73 Å². The van der Waals surface area contributed by atoms with Gasteiger partial charge in [0.15, 0.2) is 6.29 Å². The molecule has 12 heteroatoms. The van der Waals surface area contributed by atoms with Crippen molar-refractivity contribution in [2.45, 2.75) is 37.6 Å². The maximum Gasteiger partial charge on any atom is 0.451 e. The van der Waals surface area contributed by atoms with Gasteiger partial charge in [0.2, 0.25) is 5.91 Å². The number of carbonyl (C=O) groups excluding carboxylic acids is 1. The van der Waals surface area contributed by atoms with Gasteiger partial charge in [-0.1, -0.05) is 6.07 Å². The predicted octanol–water partition coefficient (Wildman–Crippen LogP) is -2.22. The molecule has 1 saturated heterocycles. The van der Waals surface area contributed by atoms with E-state index in [0.29, 0.717) is 0 Å². The van der Waals surface area contributed by atoms with Crippen LogP contribution in [0.25, 0.3) is 0 Å². The molecule has 0 bridgehead atoms. The van der Waals surface area contributed by atoms with Gasteiger partial charge in [-0.15, -0.1) is 0 Å². The van der Waals surface area contributed by atoms with Crippen LogP contribution in [0.2, 0.25) is 6.32 Å². The second-order valence-electron chi connectivity index (χ2n) is 6.57. The third-order valence-corrected chi connectivity index (χ3v) is 4.40. The lowest BCUT2D eigenvalue weighted by Gasteiger charge is -2.39. The fraction of sp³-hybridized carbons (Fsp3) is 0.500. The van der Waals surface area contributed by atoms with Crippen LogP contribution in [0.4, 0.5) is 0 Å². The summed E-state index contributed by atoms with van der Waals surface area (Å²) in [5.41, 5.74) is 5.35. The number of phenols is 1. The molecule has 0 aromatic heterocycles. The van der Waals surface area contributed by atoms with Gasteiger partial charge in [-0.05, 0) is 24.4 Å². The smallest absolute Gasteiger partial charge is 0.451 e. The van der Waals surface area contributed by atoms with Crippen LogP contribution in [0.3, 0.4) is 0 Å². The Labute approximate surface area is 160 Å². The molecule has 0 spiro atoms. The first kappa shape index (κ1) is 21.9. The molecule has 2 rings (SSSR count). The molecule has 1 fully saturated rings. The molecule has 0 unspecified atom stereocenters. The number of carboxylic acids is 1. The van der Waals surface area contributed by atoms with Gasteiger partial charge in [-0.2, -0.15) is 0 Å². The van der Waals surface area contributed by atoms with E-state index in [1.165, 1.54) is 17.0 Å². The molecular weight excluding hydrogens is 375 g/mol. The first-order valence-electron chi connectivity index (χ1n) is 8.60. The topological polar surface area (TPSA) is 194 Å². The normalized spacial score (nSPS) is 15.3. The number of hydrogen-bond acceptors (Lipinski definition) is 9. The number of aryl methyl sites for hydroxylation is 1. The predicted molar refractivity (Wildman–Crippen MR) is 95.2 cm³/mol. The quantitative estimate of drug-likeness (QED) is 0.177. The van der Waals surface area contributed by atoms with Crippen LogP contribution in [-0.4, -0.2) is 79.6 Å². The molecule has 0 radical (unpaired) electrons. The first-order valence-corrected chi connectivity index (χ1v) is 8.60. The van der Waals surface area contributed by atoms with E-state index in [9.17, 15) is 24.9 Å². The van der Waals surface area contributed by atoms with Crippen molar-refractivity contribution in [1.82, 2.24) is 4.90 Å². The minimum absolute atomic E-state index is 0.0140. The number of nitrogens with zero attached hydrogens (tertiary/aromatic N) is 1. The zero-order valence-corrected chi connectivity index (χ0v) is 14.9. The summed E-state index contributed by atoms with van der Waals surface area (Å²) < 4.78 is 5.62. The Hall–Kier alpha value is -2.38. The third kappa shape index (κ3) is 5.33. The molecule has 11 nitrogen and oxygen atoms in total. The summed E-state index contributed by atoms with van der Waals surface area (Å²) >= 11 is 0. The molecule has 0 aliphatic carbocycles. The number of aliphatic hydroxyl groups excluding tert-OH is 1. The van der Waals surface area contributed by atoms with Crippen LogP contribution in [0.5, 0.6) is 11.5 Å². The van der Waals surface area contributed by atoms with E-state index in [1.54, 1.807) is 0 Å². The minimum atomic E-state index is -2.03.